The Bertz CT molecular complexity index is 702. The Morgan fingerprint density at radius 1 is 1.04 bits per heavy atom. The molecule has 2 rings (SSSR count). The smallest absolute Gasteiger partial charge is 0.243 e. The number of benzene rings is 1. The van der Waals surface area contributed by atoms with Gasteiger partial charge in [0.25, 0.3) is 0 Å². The van der Waals surface area contributed by atoms with Crippen molar-refractivity contribution in [1.82, 2.24) is 5.32 Å². The van der Waals surface area contributed by atoms with Crippen LogP contribution in [0.4, 0.5) is 5.69 Å². The Labute approximate surface area is 158 Å². The predicted molar refractivity (Wildman–Crippen MR) is 107 cm³/mol. The molecule has 0 unspecified atom stereocenters. The van der Waals surface area contributed by atoms with Crippen molar-refractivity contribution in [2.24, 2.45) is 0 Å². The third-order valence-electron chi connectivity index (χ3n) is 5.00. The van der Waals surface area contributed by atoms with E-state index < -0.39 is 16.1 Å². The van der Waals surface area contributed by atoms with Gasteiger partial charge in [0.1, 0.15) is 6.04 Å². The number of sulfonamides is 1. The first-order valence-electron chi connectivity index (χ1n) is 9.56. The first-order chi connectivity index (χ1) is 12.2. The van der Waals surface area contributed by atoms with Crippen LogP contribution in [0, 0.1) is 13.8 Å². The standard InChI is InChI=1S/C20H32N2O3S/c1-15-12-16(2)14-19(13-15)22(26(4,24)25)17(3)20(23)21-18-10-8-6-5-7-9-11-18/h12-14,17-18H,5-11H2,1-4H3,(H,21,23)/t17-/m1/s1. The van der Waals surface area contributed by atoms with E-state index in [1.165, 1.54) is 23.6 Å². The molecule has 6 heteroatoms. The summed E-state index contributed by atoms with van der Waals surface area (Å²) in [5, 5.41) is 3.09. The first kappa shape index (κ1) is 20.7. The Hall–Kier alpha value is -1.56. The number of carbonyl (C=O) groups is 1. The summed E-state index contributed by atoms with van der Waals surface area (Å²) in [6, 6.07) is 4.98. The third-order valence-corrected chi connectivity index (χ3v) is 6.24. The molecule has 1 fully saturated rings. The summed E-state index contributed by atoms with van der Waals surface area (Å²) in [4.78, 5) is 12.8. The van der Waals surface area contributed by atoms with Crippen LogP contribution >= 0.6 is 0 Å². The number of aryl methyl sites for hydroxylation is 2. The lowest BCUT2D eigenvalue weighted by Gasteiger charge is -2.30. The van der Waals surface area contributed by atoms with Crippen LogP contribution in [0.5, 0.6) is 0 Å². The number of carbonyl (C=O) groups excluding carboxylic acids is 1. The minimum Gasteiger partial charge on any atom is -0.352 e. The Balaban J connectivity index is 2.20. The second kappa shape index (κ2) is 8.89. The summed E-state index contributed by atoms with van der Waals surface area (Å²) < 4.78 is 26.1. The summed E-state index contributed by atoms with van der Waals surface area (Å²) in [5.74, 6) is -0.222. The van der Waals surface area contributed by atoms with Crippen LogP contribution in [0.3, 0.4) is 0 Å². The molecule has 0 heterocycles. The molecule has 1 amide bonds. The number of hydrogen-bond donors (Lipinski definition) is 1. The molecular formula is C20H32N2O3S. The van der Waals surface area contributed by atoms with Gasteiger partial charge in [-0.2, -0.15) is 0 Å². The molecule has 0 aromatic heterocycles. The van der Waals surface area contributed by atoms with Gasteiger partial charge in [-0.05, 0) is 56.9 Å². The second-order valence-corrected chi connectivity index (χ2v) is 9.49. The number of rotatable bonds is 5. The molecule has 5 nitrogen and oxygen atoms in total. The predicted octanol–water partition coefficient (Wildman–Crippen LogP) is 3.69. The minimum atomic E-state index is -3.58. The molecule has 0 bridgehead atoms. The lowest BCUT2D eigenvalue weighted by Crippen LogP contribution is -2.50. The van der Waals surface area contributed by atoms with Gasteiger partial charge in [-0.15, -0.1) is 0 Å². The van der Waals surface area contributed by atoms with Crippen molar-refractivity contribution < 1.29 is 13.2 Å². The highest BCUT2D eigenvalue weighted by atomic mass is 32.2. The number of anilines is 1. The fourth-order valence-corrected chi connectivity index (χ4v) is 4.97. The topological polar surface area (TPSA) is 66.5 Å². The van der Waals surface area contributed by atoms with Crippen LogP contribution in [-0.2, 0) is 14.8 Å². The Kier molecular flexibility index (Phi) is 7.09. The van der Waals surface area contributed by atoms with Crippen LogP contribution in [0.2, 0.25) is 0 Å². The van der Waals surface area contributed by atoms with Gasteiger partial charge in [0, 0.05) is 6.04 Å². The van der Waals surface area contributed by atoms with Crippen molar-refractivity contribution in [2.45, 2.75) is 77.8 Å². The molecule has 1 aliphatic carbocycles. The molecule has 1 N–H and O–H groups in total. The van der Waals surface area contributed by atoms with Crippen molar-refractivity contribution in [3.63, 3.8) is 0 Å². The molecule has 1 atom stereocenters. The Morgan fingerprint density at radius 3 is 2.04 bits per heavy atom. The fraction of sp³-hybridized carbons (Fsp3) is 0.650. The van der Waals surface area contributed by atoms with E-state index in [-0.39, 0.29) is 11.9 Å². The Morgan fingerprint density at radius 2 is 1.54 bits per heavy atom. The number of nitrogens with zero attached hydrogens (tertiary/aromatic N) is 1. The number of amides is 1. The lowest BCUT2D eigenvalue weighted by molar-refractivity contribution is -0.122. The average Bonchev–Trinajstić information content (AvgIpc) is 2.47. The maximum absolute atomic E-state index is 12.8. The van der Waals surface area contributed by atoms with Crippen LogP contribution < -0.4 is 9.62 Å². The van der Waals surface area contributed by atoms with E-state index in [4.69, 9.17) is 0 Å². The van der Waals surface area contributed by atoms with E-state index in [0.717, 1.165) is 43.1 Å². The van der Waals surface area contributed by atoms with Gasteiger partial charge in [0.05, 0.1) is 11.9 Å². The number of nitrogens with one attached hydrogen (secondary N) is 1. The zero-order valence-electron chi connectivity index (χ0n) is 16.4. The van der Waals surface area contributed by atoms with Crippen LogP contribution in [-0.4, -0.2) is 32.7 Å². The minimum absolute atomic E-state index is 0.144. The highest BCUT2D eigenvalue weighted by Crippen LogP contribution is 2.24. The van der Waals surface area contributed by atoms with Crippen molar-refractivity contribution in [3.05, 3.63) is 29.3 Å². The molecule has 0 saturated heterocycles. The molecule has 0 radical (unpaired) electrons. The molecule has 1 saturated carbocycles. The first-order valence-corrected chi connectivity index (χ1v) is 11.4. The van der Waals surface area contributed by atoms with Gasteiger partial charge < -0.3 is 5.32 Å². The molecule has 1 aliphatic rings. The summed E-state index contributed by atoms with van der Waals surface area (Å²) in [6.45, 7) is 5.52. The molecule has 26 heavy (non-hydrogen) atoms. The van der Waals surface area contributed by atoms with E-state index in [0.29, 0.717) is 5.69 Å². The molecule has 0 spiro atoms. The van der Waals surface area contributed by atoms with E-state index >= 15 is 0 Å². The SMILES string of the molecule is Cc1cc(C)cc(N([C@H](C)C(=O)NC2CCCCCCC2)S(C)(=O)=O)c1. The summed E-state index contributed by atoms with van der Waals surface area (Å²) >= 11 is 0. The zero-order valence-corrected chi connectivity index (χ0v) is 17.2. The third kappa shape index (κ3) is 5.73. The van der Waals surface area contributed by atoms with Gasteiger partial charge in [-0.1, -0.05) is 38.2 Å². The number of hydrogen-bond acceptors (Lipinski definition) is 3. The van der Waals surface area contributed by atoms with E-state index in [1.54, 1.807) is 6.92 Å². The van der Waals surface area contributed by atoms with Gasteiger partial charge in [-0.25, -0.2) is 8.42 Å². The maximum atomic E-state index is 12.8. The summed E-state index contributed by atoms with van der Waals surface area (Å²) in [6.07, 6.45) is 9.02. The van der Waals surface area contributed by atoms with E-state index in [9.17, 15) is 13.2 Å². The monoisotopic (exact) mass is 380 g/mol. The van der Waals surface area contributed by atoms with Crippen LogP contribution in [0.15, 0.2) is 18.2 Å². The van der Waals surface area contributed by atoms with Gasteiger partial charge in [0.15, 0.2) is 0 Å². The maximum Gasteiger partial charge on any atom is 0.243 e. The van der Waals surface area contributed by atoms with E-state index in [1.807, 2.05) is 32.0 Å². The molecule has 1 aromatic carbocycles. The van der Waals surface area contributed by atoms with Crippen LogP contribution in [0.25, 0.3) is 0 Å². The molecule has 146 valence electrons. The molecule has 0 aliphatic heterocycles. The molecular weight excluding hydrogens is 348 g/mol. The fourth-order valence-electron chi connectivity index (χ4n) is 3.81. The van der Waals surface area contributed by atoms with Crippen molar-refractivity contribution in [2.75, 3.05) is 10.6 Å². The largest absolute Gasteiger partial charge is 0.352 e. The van der Waals surface area contributed by atoms with E-state index in [2.05, 4.69) is 5.32 Å². The van der Waals surface area contributed by atoms with Crippen molar-refractivity contribution in [3.8, 4) is 0 Å². The highest BCUT2D eigenvalue weighted by Gasteiger charge is 2.30. The van der Waals surface area contributed by atoms with Crippen molar-refractivity contribution in [1.29, 1.82) is 0 Å². The zero-order chi connectivity index (χ0) is 19.3. The molecule has 1 aromatic rings. The lowest BCUT2D eigenvalue weighted by atomic mass is 9.96. The van der Waals surface area contributed by atoms with Crippen LogP contribution in [0.1, 0.15) is 63.0 Å². The second-order valence-electron chi connectivity index (χ2n) is 7.63. The highest BCUT2D eigenvalue weighted by molar-refractivity contribution is 7.92. The van der Waals surface area contributed by atoms with Gasteiger partial charge >= 0.3 is 0 Å². The normalized spacial score (nSPS) is 17.8. The van der Waals surface area contributed by atoms with Gasteiger partial charge in [0.2, 0.25) is 15.9 Å². The summed E-state index contributed by atoms with van der Waals surface area (Å²) in [5.41, 5.74) is 2.49. The average molecular weight is 381 g/mol. The summed E-state index contributed by atoms with van der Waals surface area (Å²) in [7, 11) is -3.58. The van der Waals surface area contributed by atoms with Crippen molar-refractivity contribution >= 4 is 21.6 Å². The quantitative estimate of drug-likeness (QED) is 0.847. The van der Waals surface area contributed by atoms with Gasteiger partial charge in [-0.3, -0.25) is 9.10 Å².